The van der Waals surface area contributed by atoms with Gasteiger partial charge in [-0.05, 0) is 31.6 Å². The van der Waals surface area contributed by atoms with Gasteiger partial charge < -0.3 is 9.80 Å². The van der Waals surface area contributed by atoms with Crippen LogP contribution in [0, 0.1) is 5.92 Å². The number of amides is 2. The van der Waals surface area contributed by atoms with E-state index < -0.39 is 0 Å². The third-order valence-electron chi connectivity index (χ3n) is 4.23. The van der Waals surface area contributed by atoms with Crippen LogP contribution in [0.15, 0.2) is 0 Å². The van der Waals surface area contributed by atoms with Gasteiger partial charge in [-0.2, -0.15) is 0 Å². The summed E-state index contributed by atoms with van der Waals surface area (Å²) in [5.41, 5.74) is 0. The lowest BCUT2D eigenvalue weighted by Gasteiger charge is -2.36. The SMILES string of the molecule is O=C(N1CCCC1)N1CCN(CC2CC2)CC1. The van der Waals surface area contributed by atoms with Crippen LogP contribution in [0.2, 0.25) is 0 Å². The van der Waals surface area contributed by atoms with Crippen LogP contribution in [0.25, 0.3) is 0 Å². The van der Waals surface area contributed by atoms with Crippen LogP contribution in [0.5, 0.6) is 0 Å². The van der Waals surface area contributed by atoms with Gasteiger partial charge >= 0.3 is 6.03 Å². The topological polar surface area (TPSA) is 26.8 Å². The number of carbonyl (C=O) groups excluding carboxylic acids is 1. The number of hydrogen-bond acceptors (Lipinski definition) is 2. The maximum Gasteiger partial charge on any atom is 0.320 e. The van der Waals surface area contributed by atoms with Gasteiger partial charge in [0.1, 0.15) is 0 Å². The molecule has 0 unspecified atom stereocenters. The van der Waals surface area contributed by atoms with Crippen molar-refractivity contribution in [1.29, 1.82) is 0 Å². The number of urea groups is 1. The highest BCUT2D eigenvalue weighted by molar-refractivity contribution is 5.74. The van der Waals surface area contributed by atoms with Crippen LogP contribution in [0.3, 0.4) is 0 Å². The van der Waals surface area contributed by atoms with Crippen molar-refractivity contribution in [2.75, 3.05) is 45.8 Å². The Morgan fingerprint density at radius 1 is 0.882 bits per heavy atom. The quantitative estimate of drug-likeness (QED) is 0.722. The summed E-state index contributed by atoms with van der Waals surface area (Å²) in [4.78, 5) is 18.8. The molecule has 4 heteroatoms. The molecule has 2 amide bonds. The van der Waals surface area contributed by atoms with Crippen molar-refractivity contribution in [1.82, 2.24) is 14.7 Å². The molecule has 0 spiro atoms. The molecule has 1 saturated carbocycles. The van der Waals surface area contributed by atoms with Crippen molar-refractivity contribution < 1.29 is 4.79 Å². The normalized spacial score (nSPS) is 26.6. The van der Waals surface area contributed by atoms with Crippen molar-refractivity contribution in [3.8, 4) is 0 Å². The minimum Gasteiger partial charge on any atom is -0.325 e. The molecule has 3 rings (SSSR count). The van der Waals surface area contributed by atoms with E-state index in [0.29, 0.717) is 0 Å². The molecule has 2 saturated heterocycles. The fourth-order valence-corrected chi connectivity index (χ4v) is 2.90. The summed E-state index contributed by atoms with van der Waals surface area (Å²) in [5.74, 6) is 0.968. The van der Waals surface area contributed by atoms with Gasteiger partial charge in [-0.1, -0.05) is 0 Å². The molecule has 96 valence electrons. The molecule has 4 nitrogen and oxygen atoms in total. The van der Waals surface area contributed by atoms with Gasteiger partial charge in [0.05, 0.1) is 0 Å². The Morgan fingerprint density at radius 2 is 1.47 bits per heavy atom. The fourth-order valence-electron chi connectivity index (χ4n) is 2.90. The number of nitrogens with zero attached hydrogens (tertiary/aromatic N) is 3. The van der Waals surface area contributed by atoms with Gasteiger partial charge in [-0.3, -0.25) is 4.90 Å². The highest BCUT2D eigenvalue weighted by atomic mass is 16.2. The predicted octanol–water partition coefficient (Wildman–Crippen LogP) is 1.23. The average molecular weight is 237 g/mol. The molecule has 0 aromatic rings. The van der Waals surface area contributed by atoms with E-state index >= 15 is 0 Å². The van der Waals surface area contributed by atoms with Gasteiger partial charge in [-0.15, -0.1) is 0 Å². The van der Waals surface area contributed by atoms with Crippen molar-refractivity contribution in [2.45, 2.75) is 25.7 Å². The molecule has 0 aromatic carbocycles. The first-order valence-corrected chi connectivity index (χ1v) is 7.09. The van der Waals surface area contributed by atoms with Gasteiger partial charge in [0.2, 0.25) is 0 Å². The van der Waals surface area contributed by atoms with Crippen molar-refractivity contribution >= 4 is 6.03 Å². The molecule has 0 bridgehead atoms. The Kier molecular flexibility index (Phi) is 3.23. The standard InChI is InChI=1S/C13H23N3O/c17-13(15-5-1-2-6-15)16-9-7-14(8-10-16)11-12-3-4-12/h12H,1-11H2. The van der Waals surface area contributed by atoms with E-state index in [4.69, 9.17) is 0 Å². The van der Waals surface area contributed by atoms with Crippen molar-refractivity contribution in [3.63, 3.8) is 0 Å². The molecule has 0 atom stereocenters. The van der Waals surface area contributed by atoms with Crippen LogP contribution in [-0.4, -0.2) is 66.5 Å². The third kappa shape index (κ3) is 2.73. The molecular formula is C13H23N3O. The smallest absolute Gasteiger partial charge is 0.320 e. The molecule has 0 radical (unpaired) electrons. The zero-order chi connectivity index (χ0) is 11.7. The van der Waals surface area contributed by atoms with Crippen LogP contribution < -0.4 is 0 Å². The van der Waals surface area contributed by atoms with Gasteiger partial charge in [0.15, 0.2) is 0 Å². The lowest BCUT2D eigenvalue weighted by molar-refractivity contribution is 0.116. The van der Waals surface area contributed by atoms with Crippen LogP contribution in [0.4, 0.5) is 4.79 Å². The van der Waals surface area contributed by atoms with Gasteiger partial charge in [-0.25, -0.2) is 4.79 Å². The first-order chi connectivity index (χ1) is 8.33. The Morgan fingerprint density at radius 3 is 2.06 bits per heavy atom. The summed E-state index contributed by atoms with van der Waals surface area (Å²) in [5, 5.41) is 0. The first-order valence-electron chi connectivity index (χ1n) is 7.09. The van der Waals surface area contributed by atoms with E-state index in [1.165, 1.54) is 32.2 Å². The second kappa shape index (κ2) is 4.84. The number of hydrogen-bond donors (Lipinski definition) is 0. The highest BCUT2D eigenvalue weighted by Gasteiger charge is 2.29. The third-order valence-corrected chi connectivity index (χ3v) is 4.23. The van der Waals surface area contributed by atoms with E-state index in [0.717, 1.165) is 45.2 Å². The Labute approximate surface area is 104 Å². The maximum atomic E-state index is 12.2. The van der Waals surface area contributed by atoms with E-state index in [1.807, 2.05) is 4.90 Å². The summed E-state index contributed by atoms with van der Waals surface area (Å²) in [6.45, 7) is 7.24. The number of likely N-dealkylation sites (tertiary alicyclic amines) is 1. The number of rotatable bonds is 2. The summed E-state index contributed by atoms with van der Waals surface area (Å²) in [6, 6.07) is 0.286. The zero-order valence-corrected chi connectivity index (χ0v) is 10.6. The van der Waals surface area contributed by atoms with Gasteiger partial charge in [0, 0.05) is 45.8 Å². The van der Waals surface area contributed by atoms with Crippen molar-refractivity contribution in [2.24, 2.45) is 5.92 Å². The van der Waals surface area contributed by atoms with E-state index in [9.17, 15) is 4.79 Å². The van der Waals surface area contributed by atoms with E-state index in [-0.39, 0.29) is 6.03 Å². The van der Waals surface area contributed by atoms with Crippen LogP contribution >= 0.6 is 0 Å². The predicted molar refractivity (Wildman–Crippen MR) is 66.9 cm³/mol. The molecule has 3 aliphatic rings. The van der Waals surface area contributed by atoms with E-state index in [2.05, 4.69) is 9.80 Å². The molecule has 0 N–H and O–H groups in total. The Hall–Kier alpha value is -0.770. The number of piperazine rings is 1. The summed E-state index contributed by atoms with van der Waals surface area (Å²) < 4.78 is 0. The van der Waals surface area contributed by atoms with Gasteiger partial charge in [0.25, 0.3) is 0 Å². The lowest BCUT2D eigenvalue weighted by Crippen LogP contribution is -2.52. The van der Waals surface area contributed by atoms with Crippen LogP contribution in [0.1, 0.15) is 25.7 Å². The van der Waals surface area contributed by atoms with Crippen LogP contribution in [-0.2, 0) is 0 Å². The largest absolute Gasteiger partial charge is 0.325 e. The molecule has 3 fully saturated rings. The monoisotopic (exact) mass is 237 g/mol. The van der Waals surface area contributed by atoms with E-state index in [1.54, 1.807) is 0 Å². The molecule has 2 heterocycles. The fraction of sp³-hybridized carbons (Fsp3) is 0.923. The highest BCUT2D eigenvalue weighted by Crippen LogP contribution is 2.30. The first kappa shape index (κ1) is 11.3. The Bertz CT molecular complexity index is 276. The maximum absolute atomic E-state index is 12.2. The minimum absolute atomic E-state index is 0.286. The molecule has 0 aromatic heterocycles. The summed E-state index contributed by atoms with van der Waals surface area (Å²) in [6.07, 6.45) is 5.22. The number of carbonyl (C=O) groups is 1. The second-order valence-corrected chi connectivity index (χ2v) is 5.71. The minimum atomic E-state index is 0.286. The second-order valence-electron chi connectivity index (χ2n) is 5.71. The summed E-state index contributed by atoms with van der Waals surface area (Å²) in [7, 11) is 0. The van der Waals surface area contributed by atoms with Crippen molar-refractivity contribution in [3.05, 3.63) is 0 Å². The molecule has 1 aliphatic carbocycles. The lowest BCUT2D eigenvalue weighted by atomic mass is 10.3. The molecule has 17 heavy (non-hydrogen) atoms. The Balaban J connectivity index is 1.44. The molecular weight excluding hydrogens is 214 g/mol. The average Bonchev–Trinajstić information content (AvgIpc) is 3.00. The summed E-state index contributed by atoms with van der Waals surface area (Å²) >= 11 is 0. The molecule has 2 aliphatic heterocycles. The zero-order valence-electron chi connectivity index (χ0n) is 10.6.